The van der Waals surface area contributed by atoms with Gasteiger partial charge in [-0.25, -0.2) is 4.98 Å². The third kappa shape index (κ3) is 2.89. The summed E-state index contributed by atoms with van der Waals surface area (Å²) in [6, 6.07) is 16.6. The highest BCUT2D eigenvalue weighted by Gasteiger charge is 2.05. The zero-order valence-corrected chi connectivity index (χ0v) is 14.6. The fraction of sp³-hybridized carbons (Fsp3) is 0.136. The molecular weight excluding hydrogens is 306 g/mol. The fourth-order valence-corrected chi connectivity index (χ4v) is 3.32. The lowest BCUT2D eigenvalue weighted by Gasteiger charge is -2.06. The Morgan fingerprint density at radius 2 is 1.52 bits per heavy atom. The van der Waals surface area contributed by atoms with Crippen LogP contribution in [0.15, 0.2) is 59.7 Å². The molecule has 3 nitrogen and oxygen atoms in total. The van der Waals surface area contributed by atoms with Crippen LogP contribution in [0.3, 0.4) is 0 Å². The number of pyridine rings is 2. The second-order valence-electron chi connectivity index (χ2n) is 6.45. The fourth-order valence-electron chi connectivity index (χ4n) is 3.32. The topological polar surface area (TPSA) is 38.1 Å². The highest BCUT2D eigenvalue weighted by atomic mass is 14.8. The van der Waals surface area contributed by atoms with E-state index < -0.39 is 0 Å². The van der Waals surface area contributed by atoms with Crippen LogP contribution in [0.2, 0.25) is 0 Å². The van der Waals surface area contributed by atoms with E-state index in [-0.39, 0.29) is 0 Å². The summed E-state index contributed by atoms with van der Waals surface area (Å²) in [7, 11) is 0. The number of rotatable bonds is 2. The first-order valence-corrected chi connectivity index (χ1v) is 8.38. The van der Waals surface area contributed by atoms with Gasteiger partial charge in [0, 0.05) is 17.0 Å². The van der Waals surface area contributed by atoms with E-state index in [4.69, 9.17) is 9.98 Å². The molecule has 0 aliphatic heterocycles. The maximum Gasteiger partial charge on any atom is 0.0972 e. The molecule has 2 heterocycles. The van der Waals surface area contributed by atoms with Gasteiger partial charge in [-0.05, 0) is 44.0 Å². The minimum atomic E-state index is 0.838. The highest BCUT2D eigenvalue weighted by Crippen LogP contribution is 2.25. The molecule has 4 aromatic rings. The van der Waals surface area contributed by atoms with E-state index in [0.29, 0.717) is 0 Å². The molecule has 2 aromatic carbocycles. The van der Waals surface area contributed by atoms with E-state index in [1.165, 1.54) is 16.7 Å². The molecule has 0 saturated heterocycles. The standard InChI is InChI=1S/C22H19N3/c1-14-11-15(2)20(16(3)12-14)24-13-19-9-8-18-7-6-17-5-4-10-23-21(17)22(18)25-19/h4-13H,1-3H3. The van der Waals surface area contributed by atoms with Gasteiger partial charge in [0.2, 0.25) is 0 Å². The Balaban J connectivity index is 1.81. The van der Waals surface area contributed by atoms with Crippen molar-refractivity contribution in [2.45, 2.75) is 20.8 Å². The number of aromatic nitrogens is 2. The monoisotopic (exact) mass is 325 g/mol. The Morgan fingerprint density at radius 1 is 0.840 bits per heavy atom. The van der Waals surface area contributed by atoms with Gasteiger partial charge in [0.25, 0.3) is 0 Å². The summed E-state index contributed by atoms with van der Waals surface area (Å²) >= 11 is 0. The van der Waals surface area contributed by atoms with E-state index in [0.717, 1.165) is 33.2 Å². The molecule has 0 radical (unpaired) electrons. The lowest BCUT2D eigenvalue weighted by Crippen LogP contribution is -1.91. The lowest BCUT2D eigenvalue weighted by molar-refractivity contribution is 1.28. The van der Waals surface area contributed by atoms with Crippen molar-refractivity contribution < 1.29 is 0 Å². The Labute approximate surface area is 147 Å². The molecule has 0 atom stereocenters. The van der Waals surface area contributed by atoms with Crippen molar-refractivity contribution in [3.05, 3.63) is 77.1 Å². The summed E-state index contributed by atoms with van der Waals surface area (Å²) < 4.78 is 0. The van der Waals surface area contributed by atoms with Gasteiger partial charge in [-0.15, -0.1) is 0 Å². The van der Waals surface area contributed by atoms with E-state index >= 15 is 0 Å². The second-order valence-corrected chi connectivity index (χ2v) is 6.45. The number of hydrogen-bond acceptors (Lipinski definition) is 3. The predicted octanol–water partition coefficient (Wildman–Crippen LogP) is 5.46. The number of aryl methyl sites for hydroxylation is 3. The number of fused-ring (bicyclic) bond motifs is 3. The van der Waals surface area contributed by atoms with Gasteiger partial charge >= 0.3 is 0 Å². The molecule has 0 N–H and O–H groups in total. The molecule has 0 amide bonds. The molecular formula is C22H19N3. The smallest absolute Gasteiger partial charge is 0.0972 e. The first-order valence-electron chi connectivity index (χ1n) is 8.38. The van der Waals surface area contributed by atoms with E-state index in [9.17, 15) is 0 Å². The minimum absolute atomic E-state index is 0.838. The molecule has 25 heavy (non-hydrogen) atoms. The quantitative estimate of drug-likeness (QED) is 0.362. The van der Waals surface area contributed by atoms with E-state index in [1.54, 1.807) is 0 Å². The third-order valence-electron chi connectivity index (χ3n) is 4.41. The van der Waals surface area contributed by atoms with Crippen LogP contribution < -0.4 is 0 Å². The van der Waals surface area contributed by atoms with Crippen molar-refractivity contribution in [3.8, 4) is 0 Å². The molecule has 4 rings (SSSR count). The second kappa shape index (κ2) is 6.10. The van der Waals surface area contributed by atoms with Crippen molar-refractivity contribution in [3.63, 3.8) is 0 Å². The maximum absolute atomic E-state index is 4.78. The van der Waals surface area contributed by atoms with Crippen molar-refractivity contribution in [2.24, 2.45) is 4.99 Å². The molecule has 0 unspecified atom stereocenters. The van der Waals surface area contributed by atoms with Crippen molar-refractivity contribution in [1.82, 2.24) is 9.97 Å². The van der Waals surface area contributed by atoms with Crippen LogP contribution in [0.1, 0.15) is 22.4 Å². The zero-order valence-electron chi connectivity index (χ0n) is 14.6. The van der Waals surface area contributed by atoms with Gasteiger partial charge in [0.15, 0.2) is 0 Å². The van der Waals surface area contributed by atoms with Gasteiger partial charge in [0.1, 0.15) is 0 Å². The van der Waals surface area contributed by atoms with Gasteiger partial charge in [-0.3, -0.25) is 9.98 Å². The van der Waals surface area contributed by atoms with E-state index in [2.05, 4.69) is 62.2 Å². The van der Waals surface area contributed by atoms with E-state index in [1.807, 2.05) is 24.5 Å². The summed E-state index contributed by atoms with van der Waals surface area (Å²) in [5.41, 5.74) is 7.32. The van der Waals surface area contributed by atoms with Crippen molar-refractivity contribution in [2.75, 3.05) is 0 Å². The van der Waals surface area contributed by atoms with Gasteiger partial charge in [0.05, 0.1) is 28.6 Å². The molecule has 0 spiro atoms. The first-order chi connectivity index (χ1) is 12.1. The normalized spacial score (nSPS) is 11.6. The summed E-state index contributed by atoms with van der Waals surface area (Å²) in [6.07, 6.45) is 3.65. The molecule has 2 aromatic heterocycles. The largest absolute Gasteiger partial charge is 0.254 e. The summed E-state index contributed by atoms with van der Waals surface area (Å²) in [5, 5.41) is 2.19. The maximum atomic E-state index is 4.78. The summed E-state index contributed by atoms with van der Waals surface area (Å²) in [6.45, 7) is 6.30. The minimum Gasteiger partial charge on any atom is -0.254 e. The average molecular weight is 325 g/mol. The van der Waals surface area contributed by atoms with Crippen molar-refractivity contribution in [1.29, 1.82) is 0 Å². The Morgan fingerprint density at radius 3 is 2.28 bits per heavy atom. The van der Waals surface area contributed by atoms with Crippen LogP contribution in [-0.4, -0.2) is 16.2 Å². The number of aliphatic imine (C=N–C) groups is 1. The van der Waals surface area contributed by atoms with Crippen LogP contribution >= 0.6 is 0 Å². The highest BCUT2D eigenvalue weighted by molar-refractivity contribution is 6.03. The molecule has 0 saturated carbocycles. The first kappa shape index (κ1) is 15.5. The van der Waals surface area contributed by atoms with Crippen molar-refractivity contribution >= 4 is 33.7 Å². The van der Waals surface area contributed by atoms with Crippen LogP contribution in [0.5, 0.6) is 0 Å². The summed E-state index contributed by atoms with van der Waals surface area (Å²) in [4.78, 5) is 14.0. The predicted molar refractivity (Wildman–Crippen MR) is 105 cm³/mol. The SMILES string of the molecule is Cc1cc(C)c(N=Cc2ccc3ccc4cccnc4c3n2)c(C)c1. The van der Waals surface area contributed by atoms with Gasteiger partial charge in [-0.2, -0.15) is 0 Å². The lowest BCUT2D eigenvalue weighted by atomic mass is 10.1. The molecule has 0 fully saturated rings. The van der Waals surface area contributed by atoms with Crippen LogP contribution in [0.4, 0.5) is 5.69 Å². The number of hydrogen-bond donors (Lipinski definition) is 0. The third-order valence-corrected chi connectivity index (χ3v) is 4.41. The van der Waals surface area contributed by atoms with Crippen LogP contribution in [0.25, 0.3) is 21.8 Å². The van der Waals surface area contributed by atoms with Crippen LogP contribution in [0, 0.1) is 20.8 Å². The molecule has 3 heteroatoms. The Bertz CT molecular complexity index is 1100. The zero-order chi connectivity index (χ0) is 17.4. The molecule has 122 valence electrons. The van der Waals surface area contributed by atoms with Gasteiger partial charge < -0.3 is 0 Å². The van der Waals surface area contributed by atoms with Gasteiger partial charge in [-0.1, -0.05) is 42.0 Å². The number of benzene rings is 2. The Kier molecular flexibility index (Phi) is 3.77. The molecule has 0 aliphatic carbocycles. The Hall–Kier alpha value is -3.07. The molecule has 0 aliphatic rings. The average Bonchev–Trinajstić information content (AvgIpc) is 2.60. The molecule has 0 bridgehead atoms. The number of nitrogens with zero attached hydrogens (tertiary/aromatic N) is 3. The summed E-state index contributed by atoms with van der Waals surface area (Å²) in [5.74, 6) is 0. The van der Waals surface area contributed by atoms with Crippen LogP contribution in [-0.2, 0) is 0 Å².